The van der Waals surface area contributed by atoms with Gasteiger partial charge in [0.05, 0.1) is 6.04 Å². The van der Waals surface area contributed by atoms with Crippen LogP contribution in [0.5, 0.6) is 0 Å². The Morgan fingerprint density at radius 3 is 3.11 bits per heavy atom. The van der Waals surface area contributed by atoms with Gasteiger partial charge in [-0.15, -0.1) is 11.3 Å². The first-order chi connectivity index (χ1) is 9.25. The van der Waals surface area contributed by atoms with Gasteiger partial charge in [0, 0.05) is 23.2 Å². The highest BCUT2D eigenvalue weighted by atomic mass is 35.5. The number of aromatic nitrogens is 1. The maximum atomic E-state index is 12.5. The van der Waals surface area contributed by atoms with Gasteiger partial charge in [-0.1, -0.05) is 17.7 Å². The lowest BCUT2D eigenvalue weighted by atomic mass is 10.1. The summed E-state index contributed by atoms with van der Waals surface area (Å²) in [6.45, 7) is 0.807. The molecule has 5 heteroatoms. The normalized spacial score (nSPS) is 18.8. The molecule has 0 bridgehead atoms. The van der Waals surface area contributed by atoms with Crippen LogP contribution in [0, 0.1) is 0 Å². The molecule has 3 rings (SSSR count). The molecular weight excluding hydrogens is 280 g/mol. The molecule has 1 atom stereocenters. The van der Waals surface area contributed by atoms with Gasteiger partial charge in [0.15, 0.2) is 0 Å². The van der Waals surface area contributed by atoms with Crippen LogP contribution in [-0.4, -0.2) is 22.3 Å². The van der Waals surface area contributed by atoms with Crippen molar-refractivity contribution in [3.05, 3.63) is 51.4 Å². The Morgan fingerprint density at radius 2 is 2.37 bits per heavy atom. The molecule has 1 aliphatic heterocycles. The number of pyridine rings is 1. The first-order valence-electron chi connectivity index (χ1n) is 6.21. The van der Waals surface area contributed by atoms with E-state index in [1.807, 2.05) is 11.0 Å². The van der Waals surface area contributed by atoms with Crippen molar-refractivity contribution in [2.24, 2.45) is 0 Å². The predicted molar refractivity (Wildman–Crippen MR) is 76.6 cm³/mol. The van der Waals surface area contributed by atoms with Gasteiger partial charge in [-0.05, 0) is 36.4 Å². The third kappa shape index (κ3) is 2.51. The van der Waals surface area contributed by atoms with E-state index in [1.54, 1.807) is 29.7 Å². The Kier molecular flexibility index (Phi) is 3.53. The minimum absolute atomic E-state index is 0.0419. The van der Waals surface area contributed by atoms with Crippen molar-refractivity contribution in [3.8, 4) is 0 Å². The van der Waals surface area contributed by atoms with Crippen molar-refractivity contribution in [2.45, 2.75) is 18.9 Å². The van der Waals surface area contributed by atoms with Crippen LogP contribution in [0.3, 0.4) is 0 Å². The van der Waals surface area contributed by atoms with Crippen molar-refractivity contribution in [2.75, 3.05) is 6.54 Å². The maximum absolute atomic E-state index is 12.5. The molecule has 1 saturated heterocycles. The lowest BCUT2D eigenvalue weighted by Crippen LogP contribution is -2.30. The fourth-order valence-corrected chi connectivity index (χ4v) is 3.54. The average molecular weight is 293 g/mol. The zero-order valence-electron chi connectivity index (χ0n) is 10.3. The van der Waals surface area contributed by atoms with E-state index in [1.165, 1.54) is 4.88 Å². The van der Waals surface area contributed by atoms with E-state index in [-0.39, 0.29) is 11.9 Å². The molecule has 3 nitrogen and oxygen atoms in total. The van der Waals surface area contributed by atoms with Crippen LogP contribution in [0.25, 0.3) is 0 Å². The zero-order valence-corrected chi connectivity index (χ0v) is 11.8. The standard InChI is InChI=1S/C14H13ClN2OS/c15-13-9-10(5-6-16-13)14(18)17-7-1-3-11(17)12-4-2-8-19-12/h2,4-6,8-9,11H,1,3,7H2. The van der Waals surface area contributed by atoms with E-state index >= 15 is 0 Å². The summed E-state index contributed by atoms with van der Waals surface area (Å²) in [5.41, 5.74) is 0.614. The van der Waals surface area contributed by atoms with Gasteiger partial charge in [-0.25, -0.2) is 4.98 Å². The van der Waals surface area contributed by atoms with Crippen LogP contribution in [0.4, 0.5) is 0 Å². The summed E-state index contributed by atoms with van der Waals surface area (Å²) in [6.07, 6.45) is 3.66. The molecule has 1 amide bonds. The van der Waals surface area contributed by atoms with Crippen LogP contribution in [-0.2, 0) is 0 Å². The Hall–Kier alpha value is -1.39. The smallest absolute Gasteiger partial charge is 0.254 e. The first kappa shape index (κ1) is 12.6. The Bertz CT molecular complexity index is 585. The van der Waals surface area contributed by atoms with Crippen LogP contribution >= 0.6 is 22.9 Å². The second-order valence-corrected chi connectivity index (χ2v) is 5.91. The molecule has 1 aliphatic rings. The highest BCUT2D eigenvalue weighted by Crippen LogP contribution is 2.35. The second-order valence-electron chi connectivity index (χ2n) is 4.54. The monoisotopic (exact) mass is 292 g/mol. The minimum Gasteiger partial charge on any atom is -0.331 e. The van der Waals surface area contributed by atoms with Crippen molar-refractivity contribution in [3.63, 3.8) is 0 Å². The third-order valence-corrected chi connectivity index (χ3v) is 4.54. The summed E-state index contributed by atoms with van der Waals surface area (Å²) in [5, 5.41) is 2.41. The number of hydrogen-bond acceptors (Lipinski definition) is 3. The SMILES string of the molecule is O=C(c1ccnc(Cl)c1)N1CCCC1c1cccs1. The number of hydrogen-bond donors (Lipinski definition) is 0. The number of rotatable bonds is 2. The lowest BCUT2D eigenvalue weighted by Gasteiger charge is -2.24. The van der Waals surface area contributed by atoms with Gasteiger partial charge >= 0.3 is 0 Å². The molecule has 98 valence electrons. The van der Waals surface area contributed by atoms with E-state index < -0.39 is 0 Å². The van der Waals surface area contributed by atoms with Crippen molar-refractivity contribution >= 4 is 28.8 Å². The Labute approximate surface area is 120 Å². The van der Waals surface area contributed by atoms with E-state index in [4.69, 9.17) is 11.6 Å². The molecule has 19 heavy (non-hydrogen) atoms. The fourth-order valence-electron chi connectivity index (χ4n) is 2.49. The quantitative estimate of drug-likeness (QED) is 0.789. The number of likely N-dealkylation sites (tertiary alicyclic amines) is 1. The number of amides is 1. The van der Waals surface area contributed by atoms with E-state index in [9.17, 15) is 4.79 Å². The number of thiophene rings is 1. The second kappa shape index (κ2) is 5.31. The van der Waals surface area contributed by atoms with Gasteiger partial charge in [-0.3, -0.25) is 4.79 Å². The van der Waals surface area contributed by atoms with Crippen molar-refractivity contribution in [1.82, 2.24) is 9.88 Å². The zero-order chi connectivity index (χ0) is 13.2. The number of halogens is 1. The first-order valence-corrected chi connectivity index (χ1v) is 7.47. The molecule has 0 saturated carbocycles. The summed E-state index contributed by atoms with van der Waals surface area (Å²) in [4.78, 5) is 19.7. The summed E-state index contributed by atoms with van der Waals surface area (Å²) in [5.74, 6) is 0.0419. The molecule has 0 radical (unpaired) electrons. The summed E-state index contributed by atoms with van der Waals surface area (Å²) < 4.78 is 0. The van der Waals surface area contributed by atoms with Crippen molar-refractivity contribution in [1.29, 1.82) is 0 Å². The van der Waals surface area contributed by atoms with Crippen LogP contribution in [0.15, 0.2) is 35.8 Å². The highest BCUT2D eigenvalue weighted by molar-refractivity contribution is 7.10. The number of nitrogens with zero attached hydrogens (tertiary/aromatic N) is 2. The number of carbonyl (C=O) groups is 1. The van der Waals surface area contributed by atoms with Gasteiger partial charge in [0.2, 0.25) is 0 Å². The largest absolute Gasteiger partial charge is 0.331 e. The van der Waals surface area contributed by atoms with Crippen LogP contribution < -0.4 is 0 Å². The Balaban J connectivity index is 1.87. The van der Waals surface area contributed by atoms with Gasteiger partial charge in [-0.2, -0.15) is 0 Å². The van der Waals surface area contributed by atoms with Gasteiger partial charge in [0.1, 0.15) is 5.15 Å². The van der Waals surface area contributed by atoms with Crippen LogP contribution in [0.1, 0.15) is 34.1 Å². The number of carbonyl (C=O) groups excluding carboxylic acids is 1. The average Bonchev–Trinajstić information content (AvgIpc) is 3.08. The van der Waals surface area contributed by atoms with E-state index in [2.05, 4.69) is 16.4 Å². The summed E-state index contributed by atoms with van der Waals surface area (Å²) >= 11 is 7.56. The summed E-state index contributed by atoms with van der Waals surface area (Å²) in [6, 6.07) is 7.69. The lowest BCUT2D eigenvalue weighted by molar-refractivity contribution is 0.0738. The molecule has 2 aromatic heterocycles. The summed E-state index contributed by atoms with van der Waals surface area (Å²) in [7, 11) is 0. The molecule has 0 N–H and O–H groups in total. The molecule has 0 spiro atoms. The molecule has 0 aliphatic carbocycles. The van der Waals surface area contributed by atoms with Crippen molar-refractivity contribution < 1.29 is 4.79 Å². The van der Waals surface area contributed by atoms with Gasteiger partial charge in [0.25, 0.3) is 5.91 Å². The molecule has 2 aromatic rings. The fraction of sp³-hybridized carbons (Fsp3) is 0.286. The van der Waals surface area contributed by atoms with E-state index in [0.29, 0.717) is 10.7 Å². The van der Waals surface area contributed by atoms with Crippen LogP contribution in [0.2, 0.25) is 5.15 Å². The molecule has 1 unspecified atom stereocenters. The van der Waals surface area contributed by atoms with Gasteiger partial charge < -0.3 is 4.90 Å². The topological polar surface area (TPSA) is 33.2 Å². The molecule has 0 aromatic carbocycles. The predicted octanol–water partition coefficient (Wildman–Crippen LogP) is 3.77. The van der Waals surface area contributed by atoms with E-state index in [0.717, 1.165) is 19.4 Å². The molecular formula is C14H13ClN2OS. The minimum atomic E-state index is 0.0419. The maximum Gasteiger partial charge on any atom is 0.254 e. The highest BCUT2D eigenvalue weighted by Gasteiger charge is 2.31. The molecule has 3 heterocycles. The third-order valence-electron chi connectivity index (χ3n) is 3.36. The Morgan fingerprint density at radius 1 is 1.47 bits per heavy atom. The molecule has 1 fully saturated rings.